The van der Waals surface area contributed by atoms with Gasteiger partial charge in [-0.1, -0.05) is 27.7 Å². The highest BCUT2D eigenvalue weighted by molar-refractivity contribution is 5.82. The molecule has 0 spiro atoms. The monoisotopic (exact) mass is 128 g/mol. The van der Waals surface area contributed by atoms with E-state index in [1.165, 1.54) is 0 Å². The molecule has 0 N–H and O–H groups in total. The van der Waals surface area contributed by atoms with Gasteiger partial charge >= 0.3 is 0 Å². The van der Waals surface area contributed by atoms with Crippen molar-refractivity contribution in [1.29, 1.82) is 0 Å². The maximum atomic E-state index is 11.1. The van der Waals surface area contributed by atoms with Crippen LogP contribution in [0.4, 0.5) is 0 Å². The minimum atomic E-state index is 0.208. The molecule has 1 heteroatoms. The Morgan fingerprint density at radius 2 is 1.78 bits per heavy atom. The lowest BCUT2D eigenvalue weighted by Gasteiger charge is -2.08. The van der Waals surface area contributed by atoms with Crippen molar-refractivity contribution < 1.29 is 4.79 Å². The van der Waals surface area contributed by atoms with Gasteiger partial charge in [0.05, 0.1) is 0 Å². The van der Waals surface area contributed by atoms with Crippen LogP contribution in [0.5, 0.6) is 0 Å². The van der Waals surface area contributed by atoms with Crippen molar-refractivity contribution in [3.8, 4) is 0 Å². The van der Waals surface area contributed by atoms with Crippen molar-refractivity contribution in [3.63, 3.8) is 0 Å². The fourth-order valence-corrected chi connectivity index (χ4v) is 0.770. The Labute approximate surface area is 57.5 Å². The Bertz CT molecular complexity index is 94.7. The number of Topliss-reactive ketones (excluding diaryl/α,β-unsaturated/α-hetero) is 1. The van der Waals surface area contributed by atoms with E-state index in [4.69, 9.17) is 0 Å². The van der Waals surface area contributed by atoms with Gasteiger partial charge in [-0.05, 0) is 6.42 Å². The first-order valence-electron chi connectivity index (χ1n) is 3.63. The highest BCUT2D eigenvalue weighted by Crippen LogP contribution is 2.08. The first-order valence-corrected chi connectivity index (χ1v) is 3.63. The molecule has 1 atom stereocenters. The van der Waals surface area contributed by atoms with Crippen LogP contribution >= 0.6 is 0 Å². The second-order valence-electron chi connectivity index (χ2n) is 2.87. The Morgan fingerprint density at radius 1 is 1.33 bits per heavy atom. The topological polar surface area (TPSA) is 17.1 Å². The predicted octanol–water partition coefficient (Wildman–Crippen LogP) is 2.26. The van der Waals surface area contributed by atoms with E-state index >= 15 is 0 Å². The quantitative estimate of drug-likeness (QED) is 0.569. The standard InChI is InChI=1S/C8H16O/c1-5-7(4)8(9)6(2)3/h6-7H,5H2,1-4H3/t7-/m0/s1. The summed E-state index contributed by atoms with van der Waals surface area (Å²) in [6.07, 6.45) is 0.969. The van der Waals surface area contributed by atoms with Gasteiger partial charge in [0, 0.05) is 11.8 Å². The molecule has 0 saturated carbocycles. The maximum absolute atomic E-state index is 11.1. The molecule has 0 aromatic carbocycles. The van der Waals surface area contributed by atoms with Crippen molar-refractivity contribution in [2.75, 3.05) is 0 Å². The molecule has 9 heavy (non-hydrogen) atoms. The Kier molecular flexibility index (Phi) is 3.52. The zero-order chi connectivity index (χ0) is 7.44. The molecular weight excluding hydrogens is 112 g/mol. The number of rotatable bonds is 3. The molecule has 0 radical (unpaired) electrons. The second kappa shape index (κ2) is 3.65. The third-order valence-electron chi connectivity index (χ3n) is 1.67. The lowest BCUT2D eigenvalue weighted by Crippen LogP contribution is -2.15. The third-order valence-corrected chi connectivity index (χ3v) is 1.67. The van der Waals surface area contributed by atoms with Crippen LogP contribution in [-0.4, -0.2) is 5.78 Å². The molecule has 0 aromatic heterocycles. The van der Waals surface area contributed by atoms with E-state index in [9.17, 15) is 4.79 Å². The fourth-order valence-electron chi connectivity index (χ4n) is 0.770. The van der Waals surface area contributed by atoms with Crippen molar-refractivity contribution >= 4 is 5.78 Å². The molecular formula is C8H16O. The lowest BCUT2D eigenvalue weighted by atomic mass is 9.95. The lowest BCUT2D eigenvalue weighted by molar-refractivity contribution is -0.125. The average molecular weight is 128 g/mol. The minimum absolute atomic E-state index is 0.208. The average Bonchev–Trinajstić information content (AvgIpc) is 1.84. The van der Waals surface area contributed by atoms with Crippen LogP contribution in [0.15, 0.2) is 0 Å². The molecule has 0 amide bonds. The number of carbonyl (C=O) groups excluding carboxylic acids is 1. The summed E-state index contributed by atoms with van der Waals surface area (Å²) in [4.78, 5) is 11.1. The molecule has 0 unspecified atom stereocenters. The summed E-state index contributed by atoms with van der Waals surface area (Å²) in [5.41, 5.74) is 0. The Morgan fingerprint density at radius 3 is 1.89 bits per heavy atom. The molecule has 0 aliphatic carbocycles. The highest BCUT2D eigenvalue weighted by atomic mass is 16.1. The van der Waals surface area contributed by atoms with Crippen molar-refractivity contribution in [2.24, 2.45) is 11.8 Å². The third kappa shape index (κ3) is 2.64. The van der Waals surface area contributed by atoms with E-state index in [-0.39, 0.29) is 11.8 Å². The van der Waals surface area contributed by atoms with Gasteiger partial charge in [-0.3, -0.25) is 4.79 Å². The van der Waals surface area contributed by atoms with Crippen LogP contribution < -0.4 is 0 Å². The zero-order valence-corrected chi connectivity index (χ0v) is 6.77. The first kappa shape index (κ1) is 8.67. The molecule has 0 aliphatic heterocycles. The number of hydrogen-bond acceptors (Lipinski definition) is 1. The summed E-state index contributed by atoms with van der Waals surface area (Å²) in [7, 11) is 0. The molecule has 0 aromatic rings. The number of ketones is 1. The molecule has 0 fully saturated rings. The van der Waals surface area contributed by atoms with Crippen LogP contribution in [0.25, 0.3) is 0 Å². The van der Waals surface area contributed by atoms with E-state index in [1.54, 1.807) is 0 Å². The maximum Gasteiger partial charge on any atom is 0.138 e. The molecule has 54 valence electrons. The van der Waals surface area contributed by atoms with Gasteiger partial charge in [0.25, 0.3) is 0 Å². The first-order chi connectivity index (χ1) is 4.09. The molecule has 0 aliphatic rings. The summed E-state index contributed by atoms with van der Waals surface area (Å²) in [5.74, 6) is 0.849. The van der Waals surface area contributed by atoms with Crippen LogP contribution in [-0.2, 0) is 4.79 Å². The SMILES string of the molecule is CC[C@H](C)C(=O)C(C)C. The fraction of sp³-hybridized carbons (Fsp3) is 0.875. The van der Waals surface area contributed by atoms with E-state index in [2.05, 4.69) is 0 Å². The summed E-state index contributed by atoms with van der Waals surface area (Å²) in [6, 6.07) is 0. The van der Waals surface area contributed by atoms with Crippen LogP contribution in [0.3, 0.4) is 0 Å². The molecule has 0 saturated heterocycles. The summed E-state index contributed by atoms with van der Waals surface area (Å²) in [6.45, 7) is 7.94. The highest BCUT2D eigenvalue weighted by Gasteiger charge is 2.13. The largest absolute Gasteiger partial charge is 0.299 e. The predicted molar refractivity (Wildman–Crippen MR) is 39.3 cm³/mol. The molecule has 0 bridgehead atoms. The second-order valence-corrected chi connectivity index (χ2v) is 2.87. The molecule has 1 nitrogen and oxygen atoms in total. The smallest absolute Gasteiger partial charge is 0.138 e. The van der Waals surface area contributed by atoms with Gasteiger partial charge < -0.3 is 0 Å². The summed E-state index contributed by atoms with van der Waals surface area (Å²) in [5, 5.41) is 0. The molecule has 0 heterocycles. The Balaban J connectivity index is 3.73. The van der Waals surface area contributed by atoms with E-state index in [1.807, 2.05) is 27.7 Å². The van der Waals surface area contributed by atoms with Crippen LogP contribution in [0, 0.1) is 11.8 Å². The molecule has 0 rings (SSSR count). The minimum Gasteiger partial charge on any atom is -0.299 e. The van der Waals surface area contributed by atoms with Crippen LogP contribution in [0.1, 0.15) is 34.1 Å². The van der Waals surface area contributed by atoms with Crippen molar-refractivity contribution in [1.82, 2.24) is 0 Å². The normalized spacial score (nSPS) is 13.9. The zero-order valence-electron chi connectivity index (χ0n) is 6.77. The van der Waals surface area contributed by atoms with E-state index in [0.29, 0.717) is 5.78 Å². The van der Waals surface area contributed by atoms with Gasteiger partial charge in [-0.15, -0.1) is 0 Å². The van der Waals surface area contributed by atoms with Gasteiger partial charge in [-0.2, -0.15) is 0 Å². The van der Waals surface area contributed by atoms with Crippen molar-refractivity contribution in [3.05, 3.63) is 0 Å². The van der Waals surface area contributed by atoms with E-state index in [0.717, 1.165) is 6.42 Å². The van der Waals surface area contributed by atoms with Gasteiger partial charge in [0.1, 0.15) is 5.78 Å². The number of carbonyl (C=O) groups is 1. The Hall–Kier alpha value is -0.330. The van der Waals surface area contributed by atoms with Gasteiger partial charge in [0.2, 0.25) is 0 Å². The van der Waals surface area contributed by atoms with Gasteiger partial charge in [0.15, 0.2) is 0 Å². The number of hydrogen-bond donors (Lipinski definition) is 0. The summed E-state index contributed by atoms with van der Waals surface area (Å²) >= 11 is 0. The van der Waals surface area contributed by atoms with E-state index < -0.39 is 0 Å². The van der Waals surface area contributed by atoms with Crippen molar-refractivity contribution in [2.45, 2.75) is 34.1 Å². The summed E-state index contributed by atoms with van der Waals surface area (Å²) < 4.78 is 0. The van der Waals surface area contributed by atoms with Crippen LogP contribution in [0.2, 0.25) is 0 Å². The van der Waals surface area contributed by atoms with Gasteiger partial charge in [-0.25, -0.2) is 0 Å².